The van der Waals surface area contributed by atoms with Crippen LogP contribution in [0.3, 0.4) is 0 Å². The molecule has 1 heterocycles. The molecule has 2 fully saturated rings. The zero-order valence-corrected chi connectivity index (χ0v) is 15.1. The number of thiocarbonyl (C=S) groups is 1. The van der Waals surface area contributed by atoms with Crippen molar-refractivity contribution in [2.75, 3.05) is 18.4 Å². The van der Waals surface area contributed by atoms with Gasteiger partial charge < -0.3 is 10.6 Å². The van der Waals surface area contributed by atoms with E-state index in [1.165, 1.54) is 0 Å². The predicted octanol–water partition coefficient (Wildman–Crippen LogP) is 4.64. The topological polar surface area (TPSA) is 27.1 Å². The van der Waals surface area contributed by atoms with Gasteiger partial charge in [-0.25, -0.2) is 0 Å². The highest BCUT2D eigenvalue weighted by atomic mass is 32.1. The van der Waals surface area contributed by atoms with Gasteiger partial charge in [0.25, 0.3) is 0 Å². The van der Waals surface area contributed by atoms with Crippen molar-refractivity contribution in [2.24, 2.45) is 0 Å². The van der Waals surface area contributed by atoms with Crippen LogP contribution >= 0.6 is 12.2 Å². The molecule has 1 aromatic rings. The van der Waals surface area contributed by atoms with Gasteiger partial charge in [-0.15, -0.1) is 0 Å². The summed E-state index contributed by atoms with van der Waals surface area (Å²) in [6.45, 7) is 2.01. The van der Waals surface area contributed by atoms with Gasteiger partial charge in [-0.3, -0.25) is 4.90 Å². The van der Waals surface area contributed by atoms with Crippen LogP contribution in [0.4, 0.5) is 32.0 Å². The summed E-state index contributed by atoms with van der Waals surface area (Å²) in [4.78, 5) is 2.28. The van der Waals surface area contributed by atoms with Gasteiger partial charge in [-0.1, -0.05) is 12.8 Å². The van der Waals surface area contributed by atoms with Crippen molar-refractivity contribution in [1.29, 1.82) is 0 Å². The zero-order valence-electron chi connectivity index (χ0n) is 14.3. The molecule has 10 heteroatoms. The Balaban J connectivity index is 1.74. The first-order valence-electron chi connectivity index (χ1n) is 8.65. The second-order valence-electron chi connectivity index (χ2n) is 6.89. The molecule has 0 amide bonds. The van der Waals surface area contributed by atoms with Crippen LogP contribution in [0, 0.1) is 0 Å². The average Bonchev–Trinajstić information content (AvgIpc) is 3.38. The summed E-state index contributed by atoms with van der Waals surface area (Å²) in [6, 6.07) is 1.69. The Morgan fingerprint density at radius 2 is 1.48 bits per heavy atom. The second-order valence-corrected chi connectivity index (χ2v) is 7.30. The molecule has 2 atom stereocenters. The maximum Gasteiger partial charge on any atom is 0.416 e. The molecular weight excluding hydrogens is 392 g/mol. The summed E-state index contributed by atoms with van der Waals surface area (Å²) in [6.07, 6.45) is -5.81. The molecule has 150 valence electrons. The second kappa shape index (κ2) is 7.46. The van der Waals surface area contributed by atoms with Gasteiger partial charge in [0.2, 0.25) is 0 Å². The van der Waals surface area contributed by atoms with Gasteiger partial charge in [0.15, 0.2) is 5.11 Å². The Bertz CT molecular complexity index is 667. The maximum atomic E-state index is 12.9. The number of anilines is 1. The minimum absolute atomic E-state index is 0.0289. The van der Waals surface area contributed by atoms with Crippen LogP contribution < -0.4 is 10.6 Å². The summed E-state index contributed by atoms with van der Waals surface area (Å²) in [5.74, 6) is 0. The van der Waals surface area contributed by atoms with Crippen molar-refractivity contribution in [3.8, 4) is 0 Å². The molecule has 2 N–H and O–H groups in total. The third-order valence-electron chi connectivity index (χ3n) is 4.84. The van der Waals surface area contributed by atoms with Gasteiger partial charge in [0.1, 0.15) is 0 Å². The molecule has 0 bridgehead atoms. The standard InChI is InChI=1S/C17H19F6N3S/c18-16(19,20)10-7-11(17(21,22)23)9-12(8-10)24-15(27)25-13-3-1-2-4-14(13)26-5-6-26/h7-9,13-14H,1-6H2,(H2,24,25,27). The molecular formula is C17H19F6N3S. The first kappa shape index (κ1) is 20.2. The van der Waals surface area contributed by atoms with Gasteiger partial charge in [0.05, 0.1) is 11.1 Å². The van der Waals surface area contributed by atoms with Gasteiger partial charge >= 0.3 is 12.4 Å². The lowest BCUT2D eigenvalue weighted by atomic mass is 9.90. The third kappa shape index (κ3) is 5.25. The van der Waals surface area contributed by atoms with E-state index in [0.717, 1.165) is 38.8 Å². The van der Waals surface area contributed by atoms with E-state index in [4.69, 9.17) is 12.2 Å². The lowest BCUT2D eigenvalue weighted by Gasteiger charge is -2.34. The van der Waals surface area contributed by atoms with Crippen molar-refractivity contribution < 1.29 is 26.3 Å². The Morgan fingerprint density at radius 3 is 2.00 bits per heavy atom. The third-order valence-corrected chi connectivity index (χ3v) is 5.06. The Morgan fingerprint density at radius 1 is 0.926 bits per heavy atom. The summed E-state index contributed by atoms with van der Waals surface area (Å²) >= 11 is 5.15. The molecule has 2 unspecified atom stereocenters. The summed E-state index contributed by atoms with van der Waals surface area (Å²) in [5, 5.41) is 5.60. The van der Waals surface area contributed by atoms with Crippen LogP contribution in [-0.2, 0) is 12.4 Å². The number of hydrogen-bond donors (Lipinski definition) is 2. The number of benzene rings is 1. The smallest absolute Gasteiger partial charge is 0.358 e. The first-order valence-corrected chi connectivity index (χ1v) is 9.06. The fourth-order valence-corrected chi connectivity index (χ4v) is 3.74. The van der Waals surface area contributed by atoms with Crippen LogP contribution in [0.2, 0.25) is 0 Å². The minimum Gasteiger partial charge on any atom is -0.358 e. The van der Waals surface area contributed by atoms with E-state index >= 15 is 0 Å². The normalized spacial score (nSPS) is 23.8. The fourth-order valence-electron chi connectivity index (χ4n) is 3.47. The van der Waals surface area contributed by atoms with Crippen molar-refractivity contribution in [3.63, 3.8) is 0 Å². The summed E-state index contributed by atoms with van der Waals surface area (Å²) in [7, 11) is 0. The Hall–Kier alpha value is -1.55. The van der Waals surface area contributed by atoms with Crippen molar-refractivity contribution in [2.45, 2.75) is 50.1 Å². The van der Waals surface area contributed by atoms with E-state index in [-0.39, 0.29) is 22.9 Å². The lowest BCUT2D eigenvalue weighted by molar-refractivity contribution is -0.143. The van der Waals surface area contributed by atoms with Gasteiger partial charge in [-0.2, -0.15) is 26.3 Å². The molecule has 1 aliphatic heterocycles. The number of halogens is 6. The molecule has 1 saturated carbocycles. The monoisotopic (exact) mass is 411 g/mol. The van der Waals surface area contributed by atoms with Gasteiger partial charge in [-0.05, 0) is 43.3 Å². The largest absolute Gasteiger partial charge is 0.416 e. The molecule has 2 aliphatic rings. The highest BCUT2D eigenvalue weighted by Gasteiger charge is 2.38. The van der Waals surface area contributed by atoms with Crippen molar-refractivity contribution >= 4 is 23.0 Å². The molecule has 3 rings (SSSR count). The zero-order chi connectivity index (χ0) is 19.8. The molecule has 3 nitrogen and oxygen atoms in total. The predicted molar refractivity (Wildman–Crippen MR) is 93.4 cm³/mol. The van der Waals surface area contributed by atoms with E-state index in [1.807, 2.05) is 0 Å². The maximum absolute atomic E-state index is 12.9. The molecule has 0 radical (unpaired) electrons. The van der Waals surface area contributed by atoms with E-state index in [2.05, 4.69) is 15.5 Å². The average molecular weight is 411 g/mol. The molecule has 0 spiro atoms. The van der Waals surface area contributed by atoms with E-state index in [9.17, 15) is 26.3 Å². The minimum atomic E-state index is -4.89. The highest BCUT2D eigenvalue weighted by molar-refractivity contribution is 7.80. The molecule has 0 aromatic heterocycles. The number of alkyl halides is 6. The number of nitrogens with zero attached hydrogens (tertiary/aromatic N) is 1. The van der Waals surface area contributed by atoms with Crippen LogP contribution in [0.15, 0.2) is 18.2 Å². The van der Waals surface area contributed by atoms with E-state index in [1.54, 1.807) is 0 Å². The lowest BCUT2D eigenvalue weighted by Crippen LogP contribution is -2.49. The van der Waals surface area contributed by atoms with Crippen LogP contribution in [0.5, 0.6) is 0 Å². The highest BCUT2D eigenvalue weighted by Crippen LogP contribution is 2.37. The SMILES string of the molecule is FC(F)(F)c1cc(NC(=S)NC2CCCCC2N2CC2)cc(C(F)(F)F)c1. The summed E-state index contributed by atoms with van der Waals surface area (Å²) in [5.41, 5.74) is -3.08. The Kier molecular flexibility index (Phi) is 5.58. The van der Waals surface area contributed by atoms with E-state index in [0.29, 0.717) is 18.2 Å². The molecule has 27 heavy (non-hydrogen) atoms. The van der Waals surface area contributed by atoms with E-state index < -0.39 is 23.5 Å². The molecule has 1 aliphatic carbocycles. The van der Waals surface area contributed by atoms with Crippen LogP contribution in [0.25, 0.3) is 0 Å². The Labute approximate surface area is 158 Å². The summed E-state index contributed by atoms with van der Waals surface area (Å²) < 4.78 is 77.7. The van der Waals surface area contributed by atoms with Crippen molar-refractivity contribution in [1.82, 2.24) is 10.2 Å². The number of rotatable bonds is 3. The molecule has 1 aromatic carbocycles. The van der Waals surface area contributed by atoms with Crippen molar-refractivity contribution in [3.05, 3.63) is 29.3 Å². The first-order chi connectivity index (χ1) is 12.5. The number of nitrogens with one attached hydrogen (secondary N) is 2. The fraction of sp³-hybridized carbons (Fsp3) is 0.588. The molecule has 1 saturated heterocycles. The van der Waals surface area contributed by atoms with Gasteiger partial charge in [0, 0.05) is 30.9 Å². The number of hydrogen-bond acceptors (Lipinski definition) is 2. The quantitative estimate of drug-likeness (QED) is 0.431. The van der Waals surface area contributed by atoms with Crippen LogP contribution in [-0.4, -0.2) is 35.2 Å². The van der Waals surface area contributed by atoms with Crippen LogP contribution in [0.1, 0.15) is 36.8 Å².